The number of rotatable bonds is 6. The van der Waals surface area contributed by atoms with Crippen molar-refractivity contribution in [2.24, 2.45) is 0 Å². The summed E-state index contributed by atoms with van der Waals surface area (Å²) in [5, 5.41) is 4.31. The van der Waals surface area contributed by atoms with Gasteiger partial charge in [0.25, 0.3) is 0 Å². The Kier molecular flexibility index (Phi) is 5.64. The lowest BCUT2D eigenvalue weighted by molar-refractivity contribution is -0.116. The van der Waals surface area contributed by atoms with Crippen LogP contribution in [0.2, 0.25) is 10.0 Å². The molecule has 0 saturated heterocycles. The van der Waals surface area contributed by atoms with Gasteiger partial charge in [-0.25, -0.2) is 0 Å². The van der Waals surface area contributed by atoms with Gasteiger partial charge in [0.05, 0.1) is 15.7 Å². The number of halogens is 2. The fraction of sp³-hybridized carbons (Fsp3) is 0.200. The van der Waals surface area contributed by atoms with E-state index < -0.39 is 0 Å². The van der Waals surface area contributed by atoms with Gasteiger partial charge < -0.3 is 9.88 Å². The number of carbonyl (C=O) groups excluding carboxylic acids is 2. The molecule has 26 heavy (non-hydrogen) atoms. The lowest BCUT2D eigenvalue weighted by Crippen LogP contribution is -2.18. The summed E-state index contributed by atoms with van der Waals surface area (Å²) in [4.78, 5) is 24.9. The highest BCUT2D eigenvalue weighted by Gasteiger charge is 2.16. The minimum absolute atomic E-state index is 0.0722. The first-order valence-electron chi connectivity index (χ1n) is 8.36. The number of anilines is 1. The van der Waals surface area contributed by atoms with Gasteiger partial charge in [0.1, 0.15) is 6.54 Å². The van der Waals surface area contributed by atoms with Crippen molar-refractivity contribution < 1.29 is 9.59 Å². The minimum atomic E-state index is -0.246. The largest absolute Gasteiger partial charge is 0.337 e. The number of nitrogens with zero attached hydrogens (tertiary/aromatic N) is 1. The summed E-state index contributed by atoms with van der Waals surface area (Å²) >= 11 is 12.1. The Hall–Kier alpha value is -2.30. The van der Waals surface area contributed by atoms with E-state index in [0.717, 1.165) is 17.3 Å². The Labute approximate surface area is 161 Å². The number of amides is 1. The van der Waals surface area contributed by atoms with Crippen LogP contribution >= 0.6 is 23.2 Å². The van der Waals surface area contributed by atoms with Crippen LogP contribution in [0.25, 0.3) is 10.9 Å². The first kappa shape index (κ1) is 18.5. The van der Waals surface area contributed by atoms with E-state index in [0.29, 0.717) is 27.7 Å². The van der Waals surface area contributed by atoms with Crippen molar-refractivity contribution >= 4 is 51.5 Å². The molecule has 1 heterocycles. The molecule has 0 fully saturated rings. The lowest BCUT2D eigenvalue weighted by Gasteiger charge is -2.09. The van der Waals surface area contributed by atoms with Gasteiger partial charge in [-0.05, 0) is 24.6 Å². The van der Waals surface area contributed by atoms with Gasteiger partial charge in [0.2, 0.25) is 5.91 Å². The van der Waals surface area contributed by atoms with E-state index in [2.05, 4.69) is 5.32 Å². The van der Waals surface area contributed by atoms with Crippen LogP contribution < -0.4 is 5.32 Å². The van der Waals surface area contributed by atoms with Crippen molar-refractivity contribution in [1.82, 2.24) is 4.57 Å². The minimum Gasteiger partial charge on any atom is -0.337 e. The van der Waals surface area contributed by atoms with Gasteiger partial charge >= 0.3 is 0 Å². The normalized spacial score (nSPS) is 10.9. The highest BCUT2D eigenvalue weighted by molar-refractivity contribution is 6.44. The Morgan fingerprint density at radius 2 is 1.85 bits per heavy atom. The second kappa shape index (κ2) is 7.94. The van der Waals surface area contributed by atoms with Gasteiger partial charge in [-0.3, -0.25) is 9.59 Å². The lowest BCUT2D eigenvalue weighted by atomic mass is 10.1. The maximum atomic E-state index is 12.5. The second-order valence-corrected chi connectivity index (χ2v) is 6.80. The summed E-state index contributed by atoms with van der Waals surface area (Å²) in [6, 6.07) is 12.6. The van der Waals surface area contributed by atoms with Gasteiger partial charge in [0.15, 0.2) is 5.78 Å². The summed E-state index contributed by atoms with van der Waals surface area (Å²) in [6.07, 6.45) is 3.02. The molecule has 0 saturated carbocycles. The van der Waals surface area contributed by atoms with Crippen molar-refractivity contribution in [2.45, 2.75) is 26.3 Å². The number of ketones is 1. The number of para-hydroxylation sites is 1. The molecule has 4 nitrogen and oxygen atoms in total. The maximum Gasteiger partial charge on any atom is 0.244 e. The molecule has 3 aromatic rings. The van der Waals surface area contributed by atoms with Crippen LogP contribution in [0.4, 0.5) is 5.69 Å². The van der Waals surface area contributed by atoms with Gasteiger partial charge in [0, 0.05) is 29.1 Å². The topological polar surface area (TPSA) is 51.1 Å². The molecule has 1 N–H and O–H groups in total. The fourth-order valence-corrected chi connectivity index (χ4v) is 3.25. The number of carbonyl (C=O) groups is 2. The van der Waals surface area contributed by atoms with E-state index >= 15 is 0 Å². The molecule has 3 rings (SSSR count). The zero-order chi connectivity index (χ0) is 18.7. The molecule has 0 aliphatic carbocycles. The average molecular weight is 389 g/mol. The number of aromatic nitrogens is 1. The number of fused-ring (bicyclic) bond motifs is 1. The molecule has 0 spiro atoms. The predicted molar refractivity (Wildman–Crippen MR) is 106 cm³/mol. The molecule has 0 radical (unpaired) electrons. The van der Waals surface area contributed by atoms with Crippen LogP contribution in [0.1, 0.15) is 30.1 Å². The monoisotopic (exact) mass is 388 g/mol. The average Bonchev–Trinajstić information content (AvgIpc) is 2.98. The summed E-state index contributed by atoms with van der Waals surface area (Å²) in [6.45, 7) is 2.04. The van der Waals surface area contributed by atoms with Crippen LogP contribution in [-0.4, -0.2) is 16.3 Å². The smallest absolute Gasteiger partial charge is 0.244 e. The van der Waals surface area contributed by atoms with Crippen molar-refractivity contribution in [2.75, 3.05) is 5.32 Å². The molecule has 2 aromatic carbocycles. The highest BCUT2D eigenvalue weighted by atomic mass is 35.5. The third-order valence-electron chi connectivity index (χ3n) is 4.11. The van der Waals surface area contributed by atoms with E-state index in [4.69, 9.17) is 23.2 Å². The number of hydrogen-bond donors (Lipinski definition) is 1. The summed E-state index contributed by atoms with van der Waals surface area (Å²) in [5.74, 6) is -0.162. The zero-order valence-corrected chi connectivity index (χ0v) is 15.8. The molecular weight excluding hydrogens is 371 g/mol. The fourth-order valence-electron chi connectivity index (χ4n) is 2.91. The van der Waals surface area contributed by atoms with Crippen molar-refractivity contribution in [3.8, 4) is 0 Å². The van der Waals surface area contributed by atoms with Gasteiger partial charge in [-0.2, -0.15) is 0 Å². The van der Waals surface area contributed by atoms with E-state index in [1.165, 1.54) is 0 Å². The second-order valence-electron chi connectivity index (χ2n) is 6.01. The number of nitrogens with one attached hydrogen (secondary N) is 1. The third-order valence-corrected chi connectivity index (χ3v) is 4.92. The third kappa shape index (κ3) is 3.76. The maximum absolute atomic E-state index is 12.5. The molecule has 6 heteroatoms. The number of hydrogen-bond acceptors (Lipinski definition) is 2. The molecular formula is C20H18Cl2N2O2. The summed E-state index contributed by atoms with van der Waals surface area (Å²) in [5.41, 5.74) is 1.96. The number of Topliss-reactive ketones (excluding diaryl/α,β-unsaturated/α-hetero) is 1. The van der Waals surface area contributed by atoms with E-state index in [9.17, 15) is 9.59 Å². The predicted octanol–water partition coefficient (Wildman–Crippen LogP) is 5.57. The van der Waals surface area contributed by atoms with Crippen LogP contribution in [0.5, 0.6) is 0 Å². The van der Waals surface area contributed by atoms with Crippen molar-refractivity contribution in [3.63, 3.8) is 0 Å². The SMILES string of the molecule is CCCC(=O)c1cn(CC(=O)Nc2cccc(Cl)c2Cl)c2ccccc12. The Bertz CT molecular complexity index is 979. The molecule has 0 aliphatic heterocycles. The van der Waals surface area contributed by atoms with Gasteiger partial charge in [-0.1, -0.05) is 54.4 Å². The Balaban J connectivity index is 1.87. The molecule has 0 bridgehead atoms. The van der Waals surface area contributed by atoms with E-state index in [1.807, 2.05) is 31.2 Å². The van der Waals surface area contributed by atoms with E-state index in [-0.39, 0.29) is 18.2 Å². The van der Waals surface area contributed by atoms with Crippen LogP contribution in [0.3, 0.4) is 0 Å². The van der Waals surface area contributed by atoms with Crippen LogP contribution in [0.15, 0.2) is 48.7 Å². The van der Waals surface area contributed by atoms with Crippen molar-refractivity contribution in [3.05, 3.63) is 64.3 Å². The first-order valence-corrected chi connectivity index (χ1v) is 9.11. The molecule has 1 aromatic heterocycles. The Morgan fingerprint density at radius 1 is 1.08 bits per heavy atom. The van der Waals surface area contributed by atoms with E-state index in [1.54, 1.807) is 29.0 Å². The molecule has 0 unspecified atom stereocenters. The van der Waals surface area contributed by atoms with Crippen LogP contribution in [-0.2, 0) is 11.3 Å². The van der Waals surface area contributed by atoms with Gasteiger partial charge in [-0.15, -0.1) is 0 Å². The van der Waals surface area contributed by atoms with Crippen LogP contribution in [0, 0.1) is 0 Å². The summed E-state index contributed by atoms with van der Waals surface area (Å²) in [7, 11) is 0. The van der Waals surface area contributed by atoms with Crippen molar-refractivity contribution in [1.29, 1.82) is 0 Å². The number of benzene rings is 2. The molecule has 1 amide bonds. The Morgan fingerprint density at radius 3 is 2.62 bits per heavy atom. The molecule has 0 atom stereocenters. The summed E-state index contributed by atoms with van der Waals surface area (Å²) < 4.78 is 1.78. The molecule has 134 valence electrons. The molecule has 0 aliphatic rings. The zero-order valence-electron chi connectivity index (χ0n) is 14.3. The highest BCUT2D eigenvalue weighted by Crippen LogP contribution is 2.29. The standard InChI is InChI=1S/C20H18Cl2N2O2/c1-2-6-18(25)14-11-24(17-10-4-3-7-13(14)17)12-19(26)23-16-9-5-8-15(21)20(16)22/h3-5,7-11H,2,6,12H2,1H3,(H,23,26). The quantitative estimate of drug-likeness (QED) is 0.561. The first-order chi connectivity index (χ1) is 12.5.